The van der Waals surface area contributed by atoms with Crippen molar-refractivity contribution in [2.24, 2.45) is 0 Å². The van der Waals surface area contributed by atoms with Gasteiger partial charge in [-0.25, -0.2) is 4.39 Å². The summed E-state index contributed by atoms with van der Waals surface area (Å²) in [5.41, 5.74) is 5.59. The van der Waals surface area contributed by atoms with Gasteiger partial charge in [-0.15, -0.1) is 0 Å². The monoisotopic (exact) mass is 242 g/mol. The molecule has 0 fully saturated rings. The first-order valence-electron chi connectivity index (χ1n) is 4.97. The fourth-order valence-corrected chi connectivity index (χ4v) is 1.23. The summed E-state index contributed by atoms with van der Waals surface area (Å²) in [4.78, 5) is 11.6. The van der Waals surface area contributed by atoms with Gasteiger partial charge in [-0.05, 0) is 18.2 Å². The van der Waals surface area contributed by atoms with Crippen LogP contribution < -0.4 is 11.1 Å². The van der Waals surface area contributed by atoms with Crippen LogP contribution in [-0.4, -0.2) is 33.0 Å². The molecule has 0 saturated carbocycles. The summed E-state index contributed by atoms with van der Waals surface area (Å²) in [6.45, 7) is 0.198. The van der Waals surface area contributed by atoms with Gasteiger partial charge >= 0.3 is 0 Å². The van der Waals surface area contributed by atoms with Gasteiger partial charge in [0.2, 0.25) is 0 Å². The molecule has 0 aliphatic heterocycles. The molecule has 0 saturated heterocycles. The van der Waals surface area contributed by atoms with Gasteiger partial charge in [-0.3, -0.25) is 4.79 Å². The molecule has 17 heavy (non-hydrogen) atoms. The molecule has 1 aromatic carbocycles. The fraction of sp³-hybridized carbons (Fsp3) is 0.364. The van der Waals surface area contributed by atoms with Crippen molar-refractivity contribution in [3.8, 4) is 0 Å². The average Bonchev–Trinajstić information content (AvgIpc) is 2.33. The number of nitrogens with one attached hydrogen (secondary N) is 1. The molecule has 5 nitrogen and oxygen atoms in total. The molecule has 94 valence electrons. The maximum Gasteiger partial charge on any atom is 0.251 e. The Morgan fingerprint density at radius 2 is 2.12 bits per heavy atom. The third-order valence-corrected chi connectivity index (χ3v) is 2.21. The zero-order valence-electron chi connectivity index (χ0n) is 9.70. The second kappa shape index (κ2) is 6.17. The van der Waals surface area contributed by atoms with Crippen molar-refractivity contribution in [3.63, 3.8) is 0 Å². The van der Waals surface area contributed by atoms with E-state index in [1.807, 2.05) is 0 Å². The normalized spacial score (nSPS) is 10.6. The summed E-state index contributed by atoms with van der Waals surface area (Å²) < 4.78 is 22.7. The zero-order valence-corrected chi connectivity index (χ0v) is 9.70. The predicted molar refractivity (Wildman–Crippen MR) is 61.0 cm³/mol. The number of halogens is 1. The molecule has 6 heteroatoms. The summed E-state index contributed by atoms with van der Waals surface area (Å²) in [5.74, 6) is -0.913. The number of carbonyl (C=O) groups is 1. The Kier molecular flexibility index (Phi) is 4.86. The van der Waals surface area contributed by atoms with Crippen LogP contribution >= 0.6 is 0 Å². The number of hydrogen-bond acceptors (Lipinski definition) is 4. The minimum absolute atomic E-state index is 0.0623. The van der Waals surface area contributed by atoms with Gasteiger partial charge in [0.25, 0.3) is 5.91 Å². The van der Waals surface area contributed by atoms with Crippen LogP contribution in [0.1, 0.15) is 10.4 Å². The molecule has 0 bridgehead atoms. The molecule has 0 aliphatic rings. The Labute approximate surface area is 98.7 Å². The van der Waals surface area contributed by atoms with E-state index in [-0.39, 0.29) is 23.7 Å². The molecule has 0 spiro atoms. The summed E-state index contributed by atoms with van der Waals surface area (Å²) in [6, 6.07) is 3.78. The predicted octanol–water partition coefficient (Wildman–Crippen LogP) is 0.757. The van der Waals surface area contributed by atoms with Gasteiger partial charge < -0.3 is 20.5 Å². The van der Waals surface area contributed by atoms with Crippen LogP contribution in [0.2, 0.25) is 0 Å². The molecule has 1 aromatic rings. The number of nitrogens with two attached hydrogens (primary N) is 1. The standard InChI is InChI=1S/C11H15FN2O3/c1-16-10(17-2)6-14-11(15)7-3-4-8(12)9(13)5-7/h3-5,10H,6,13H2,1-2H3,(H,14,15). The van der Waals surface area contributed by atoms with Crippen molar-refractivity contribution in [1.82, 2.24) is 5.32 Å². The van der Waals surface area contributed by atoms with Crippen LogP contribution in [0.3, 0.4) is 0 Å². The number of hydrogen-bond donors (Lipinski definition) is 2. The number of nitrogen functional groups attached to an aromatic ring is 1. The lowest BCUT2D eigenvalue weighted by Gasteiger charge is -2.14. The maximum atomic E-state index is 12.9. The van der Waals surface area contributed by atoms with Gasteiger partial charge in [-0.2, -0.15) is 0 Å². The number of benzene rings is 1. The molecule has 1 rings (SSSR count). The van der Waals surface area contributed by atoms with Gasteiger partial charge in [0.15, 0.2) is 6.29 Å². The molecule has 0 aromatic heterocycles. The van der Waals surface area contributed by atoms with E-state index in [9.17, 15) is 9.18 Å². The van der Waals surface area contributed by atoms with E-state index in [4.69, 9.17) is 15.2 Å². The first-order valence-corrected chi connectivity index (χ1v) is 4.97. The van der Waals surface area contributed by atoms with Crippen LogP contribution in [0.15, 0.2) is 18.2 Å². The first-order chi connectivity index (χ1) is 8.08. The van der Waals surface area contributed by atoms with Gasteiger partial charge in [0.1, 0.15) is 5.82 Å². The second-order valence-corrected chi connectivity index (χ2v) is 3.35. The SMILES string of the molecule is COC(CNC(=O)c1ccc(F)c(N)c1)OC. The number of carbonyl (C=O) groups excluding carboxylic acids is 1. The molecular formula is C11H15FN2O3. The van der Waals surface area contributed by atoms with Gasteiger partial charge in [0.05, 0.1) is 12.2 Å². The first kappa shape index (κ1) is 13.4. The molecule has 0 unspecified atom stereocenters. The topological polar surface area (TPSA) is 73.6 Å². The third-order valence-electron chi connectivity index (χ3n) is 2.21. The smallest absolute Gasteiger partial charge is 0.251 e. The largest absolute Gasteiger partial charge is 0.396 e. The molecule has 3 N–H and O–H groups in total. The summed E-state index contributed by atoms with van der Waals surface area (Å²) in [5, 5.41) is 2.58. The van der Waals surface area contributed by atoms with Gasteiger partial charge in [-0.1, -0.05) is 0 Å². The average molecular weight is 242 g/mol. The van der Waals surface area contributed by atoms with E-state index in [1.165, 1.54) is 26.4 Å². The number of ether oxygens (including phenoxy) is 2. The number of amides is 1. The van der Waals surface area contributed by atoms with Crippen molar-refractivity contribution >= 4 is 11.6 Å². The minimum atomic E-state index is -0.548. The van der Waals surface area contributed by atoms with Crippen molar-refractivity contribution in [2.45, 2.75) is 6.29 Å². The van der Waals surface area contributed by atoms with Crippen LogP contribution in [-0.2, 0) is 9.47 Å². The van der Waals surface area contributed by atoms with E-state index in [2.05, 4.69) is 5.32 Å². The quantitative estimate of drug-likeness (QED) is 0.590. The van der Waals surface area contributed by atoms with Crippen LogP contribution in [0.5, 0.6) is 0 Å². The minimum Gasteiger partial charge on any atom is -0.396 e. The van der Waals surface area contributed by atoms with Crippen molar-refractivity contribution in [1.29, 1.82) is 0 Å². The second-order valence-electron chi connectivity index (χ2n) is 3.35. The van der Waals surface area contributed by atoms with Crippen LogP contribution in [0.4, 0.5) is 10.1 Å². The van der Waals surface area contributed by atoms with Crippen LogP contribution in [0, 0.1) is 5.82 Å². The number of methoxy groups -OCH3 is 2. The lowest BCUT2D eigenvalue weighted by atomic mass is 10.2. The molecule has 0 atom stereocenters. The Morgan fingerprint density at radius 1 is 1.47 bits per heavy atom. The van der Waals surface area contributed by atoms with Crippen molar-refractivity contribution < 1.29 is 18.7 Å². The highest BCUT2D eigenvalue weighted by molar-refractivity contribution is 5.95. The number of anilines is 1. The fourth-order valence-electron chi connectivity index (χ4n) is 1.23. The third kappa shape index (κ3) is 3.69. The highest BCUT2D eigenvalue weighted by Crippen LogP contribution is 2.11. The van der Waals surface area contributed by atoms with Gasteiger partial charge in [0, 0.05) is 19.8 Å². The van der Waals surface area contributed by atoms with Crippen molar-refractivity contribution in [3.05, 3.63) is 29.6 Å². The van der Waals surface area contributed by atoms with E-state index in [0.717, 1.165) is 6.07 Å². The Balaban J connectivity index is 2.61. The highest BCUT2D eigenvalue weighted by Gasteiger charge is 2.11. The summed E-state index contributed by atoms with van der Waals surface area (Å²) in [6.07, 6.45) is -0.517. The van der Waals surface area contributed by atoms with E-state index >= 15 is 0 Å². The Morgan fingerprint density at radius 3 is 2.65 bits per heavy atom. The molecule has 0 radical (unpaired) electrons. The lowest BCUT2D eigenvalue weighted by molar-refractivity contribution is -0.0974. The Bertz CT molecular complexity index is 394. The van der Waals surface area contributed by atoms with E-state index in [1.54, 1.807) is 0 Å². The number of rotatable bonds is 5. The van der Waals surface area contributed by atoms with Crippen LogP contribution in [0.25, 0.3) is 0 Å². The van der Waals surface area contributed by atoms with E-state index in [0.29, 0.717) is 0 Å². The maximum absolute atomic E-state index is 12.9. The molecule has 0 heterocycles. The molecular weight excluding hydrogens is 227 g/mol. The zero-order chi connectivity index (χ0) is 12.8. The summed E-state index contributed by atoms with van der Waals surface area (Å²) >= 11 is 0. The highest BCUT2D eigenvalue weighted by atomic mass is 19.1. The van der Waals surface area contributed by atoms with Crippen molar-refractivity contribution in [2.75, 3.05) is 26.5 Å². The summed E-state index contributed by atoms with van der Waals surface area (Å²) in [7, 11) is 2.94. The molecule has 1 amide bonds. The van der Waals surface area contributed by atoms with E-state index < -0.39 is 12.1 Å². The lowest BCUT2D eigenvalue weighted by Crippen LogP contribution is -2.34. The Hall–Kier alpha value is -1.66. The molecule has 0 aliphatic carbocycles.